The molecule has 1 aliphatic rings. The van der Waals surface area contributed by atoms with Crippen LogP contribution in [0.3, 0.4) is 0 Å². The summed E-state index contributed by atoms with van der Waals surface area (Å²) in [4.78, 5) is 27.9. The molecule has 1 heterocycles. The molecule has 1 atom stereocenters. The van der Waals surface area contributed by atoms with Crippen LogP contribution in [0.4, 0.5) is 5.69 Å². The summed E-state index contributed by atoms with van der Waals surface area (Å²) in [6.45, 7) is 1.09. The summed E-state index contributed by atoms with van der Waals surface area (Å²) in [5, 5.41) is 9.15. The van der Waals surface area contributed by atoms with Crippen LogP contribution in [-0.2, 0) is 11.3 Å². The van der Waals surface area contributed by atoms with Crippen LogP contribution in [0.1, 0.15) is 22.3 Å². The number of anilines is 1. The van der Waals surface area contributed by atoms with Crippen molar-refractivity contribution in [3.05, 3.63) is 53.6 Å². The van der Waals surface area contributed by atoms with Gasteiger partial charge < -0.3 is 19.5 Å². The first-order chi connectivity index (χ1) is 13.4. The smallest absolute Gasteiger partial charge is 0.335 e. The molecule has 148 valence electrons. The molecule has 0 aliphatic carbocycles. The van der Waals surface area contributed by atoms with Gasteiger partial charge in [0.15, 0.2) is 0 Å². The fourth-order valence-corrected chi connectivity index (χ4v) is 3.48. The predicted molar refractivity (Wildman–Crippen MR) is 105 cm³/mol. The third-order valence-corrected chi connectivity index (χ3v) is 4.96. The zero-order valence-electron chi connectivity index (χ0n) is 16.2. The first-order valence-corrected chi connectivity index (χ1v) is 9.00. The van der Waals surface area contributed by atoms with Gasteiger partial charge in [-0.25, -0.2) is 4.79 Å². The van der Waals surface area contributed by atoms with E-state index in [1.54, 1.807) is 43.4 Å². The highest BCUT2D eigenvalue weighted by Crippen LogP contribution is 2.32. The Kier molecular flexibility index (Phi) is 5.84. The number of carboxylic acids is 1. The molecule has 1 amide bonds. The Bertz CT molecular complexity index is 861. The number of carbonyl (C=O) groups is 2. The number of hydrogen-bond acceptors (Lipinski definition) is 5. The second-order valence-electron chi connectivity index (χ2n) is 6.79. The van der Waals surface area contributed by atoms with Crippen LogP contribution in [0.15, 0.2) is 42.5 Å². The second-order valence-corrected chi connectivity index (χ2v) is 6.79. The van der Waals surface area contributed by atoms with E-state index in [1.165, 1.54) is 0 Å². The average molecular weight is 384 g/mol. The number of methoxy groups -OCH3 is 2. The zero-order valence-corrected chi connectivity index (χ0v) is 16.2. The molecule has 1 N–H and O–H groups in total. The molecular formula is C21H24N2O5. The van der Waals surface area contributed by atoms with Crippen molar-refractivity contribution in [2.45, 2.75) is 19.0 Å². The number of nitrogens with zero attached hydrogens (tertiary/aromatic N) is 2. The monoisotopic (exact) mass is 384 g/mol. The molecule has 0 saturated carbocycles. The maximum absolute atomic E-state index is 13.0. The van der Waals surface area contributed by atoms with E-state index in [-0.39, 0.29) is 17.5 Å². The molecule has 1 saturated heterocycles. The zero-order chi connectivity index (χ0) is 20.3. The van der Waals surface area contributed by atoms with Gasteiger partial charge in [0.1, 0.15) is 11.5 Å². The molecule has 3 rings (SSSR count). The number of amides is 1. The number of hydrogen-bond donors (Lipinski definition) is 1. The Labute approximate surface area is 164 Å². The molecule has 0 aromatic heterocycles. The van der Waals surface area contributed by atoms with Crippen molar-refractivity contribution < 1.29 is 24.2 Å². The van der Waals surface area contributed by atoms with Crippen molar-refractivity contribution >= 4 is 17.6 Å². The molecule has 2 aromatic carbocycles. The largest absolute Gasteiger partial charge is 0.497 e. The Morgan fingerprint density at radius 3 is 2.46 bits per heavy atom. The molecule has 0 bridgehead atoms. The fraction of sp³-hybridized carbons (Fsp3) is 0.333. The Morgan fingerprint density at radius 2 is 1.86 bits per heavy atom. The summed E-state index contributed by atoms with van der Waals surface area (Å²) < 4.78 is 10.6. The highest BCUT2D eigenvalue weighted by molar-refractivity contribution is 5.99. The van der Waals surface area contributed by atoms with Gasteiger partial charge in [-0.2, -0.15) is 0 Å². The van der Waals surface area contributed by atoms with Crippen molar-refractivity contribution in [2.24, 2.45) is 0 Å². The molecule has 0 radical (unpaired) electrons. The average Bonchev–Trinajstić information content (AvgIpc) is 3.09. The maximum atomic E-state index is 13.0. The van der Waals surface area contributed by atoms with Crippen molar-refractivity contribution in [1.29, 1.82) is 0 Å². The van der Waals surface area contributed by atoms with Gasteiger partial charge in [0.2, 0.25) is 5.91 Å². The van der Waals surface area contributed by atoms with Crippen LogP contribution in [0.25, 0.3) is 0 Å². The van der Waals surface area contributed by atoms with Crippen LogP contribution in [0.2, 0.25) is 0 Å². The minimum atomic E-state index is -0.959. The Morgan fingerprint density at radius 1 is 1.18 bits per heavy atom. The number of rotatable bonds is 7. The van der Waals surface area contributed by atoms with Crippen molar-refractivity contribution in [3.63, 3.8) is 0 Å². The molecule has 1 unspecified atom stereocenters. The summed E-state index contributed by atoms with van der Waals surface area (Å²) >= 11 is 0. The lowest BCUT2D eigenvalue weighted by molar-refractivity contribution is -0.121. The van der Waals surface area contributed by atoms with Crippen LogP contribution >= 0.6 is 0 Å². The van der Waals surface area contributed by atoms with E-state index in [0.717, 1.165) is 11.3 Å². The molecule has 1 aliphatic heterocycles. The minimum absolute atomic E-state index is 0.00666. The third kappa shape index (κ3) is 4.09. The van der Waals surface area contributed by atoms with Gasteiger partial charge in [-0.3, -0.25) is 9.69 Å². The maximum Gasteiger partial charge on any atom is 0.335 e. The van der Waals surface area contributed by atoms with E-state index < -0.39 is 5.97 Å². The van der Waals surface area contributed by atoms with Crippen molar-refractivity contribution in [1.82, 2.24) is 4.90 Å². The summed E-state index contributed by atoms with van der Waals surface area (Å²) in [6, 6.07) is 11.9. The van der Waals surface area contributed by atoms with Crippen LogP contribution in [-0.4, -0.2) is 55.7 Å². The minimum Gasteiger partial charge on any atom is -0.497 e. The Hall–Kier alpha value is -3.06. The van der Waals surface area contributed by atoms with Gasteiger partial charge in [-0.15, -0.1) is 0 Å². The third-order valence-electron chi connectivity index (χ3n) is 4.96. The molecule has 7 nitrogen and oxygen atoms in total. The summed E-state index contributed by atoms with van der Waals surface area (Å²) in [6.07, 6.45) is 0.688. The molecule has 7 heteroatoms. The molecule has 2 aromatic rings. The topological polar surface area (TPSA) is 79.3 Å². The summed E-state index contributed by atoms with van der Waals surface area (Å²) in [5.41, 5.74) is 1.84. The van der Waals surface area contributed by atoms with E-state index in [2.05, 4.69) is 0 Å². The highest BCUT2D eigenvalue weighted by Gasteiger charge is 2.35. The first kappa shape index (κ1) is 19.7. The molecule has 0 spiro atoms. The quantitative estimate of drug-likeness (QED) is 0.791. The van der Waals surface area contributed by atoms with Gasteiger partial charge in [-0.1, -0.05) is 12.1 Å². The standard InChI is InChI=1S/C21H24N2O5/c1-22(13-14-5-4-6-15(9-14)21(25)26)19-7-8-23(20(19)24)16-10-17(27-2)12-18(11-16)28-3/h4-6,9-12,19H,7-8,13H2,1-3H3,(H,25,26). The lowest BCUT2D eigenvalue weighted by Crippen LogP contribution is -2.39. The van der Waals surface area contributed by atoms with Crippen LogP contribution in [0.5, 0.6) is 11.5 Å². The van der Waals surface area contributed by atoms with E-state index in [1.807, 2.05) is 30.1 Å². The summed E-state index contributed by atoms with van der Waals surface area (Å²) in [5.74, 6) is 0.306. The van der Waals surface area contributed by atoms with Crippen LogP contribution in [0, 0.1) is 0 Å². The van der Waals surface area contributed by atoms with E-state index in [9.17, 15) is 9.59 Å². The normalized spacial score (nSPS) is 16.5. The second kappa shape index (κ2) is 8.31. The van der Waals surface area contributed by atoms with Gasteiger partial charge >= 0.3 is 5.97 Å². The van der Waals surface area contributed by atoms with Gasteiger partial charge in [-0.05, 0) is 31.2 Å². The van der Waals surface area contributed by atoms with Crippen LogP contribution < -0.4 is 14.4 Å². The number of benzene rings is 2. The molecular weight excluding hydrogens is 360 g/mol. The van der Waals surface area contributed by atoms with Crippen molar-refractivity contribution in [3.8, 4) is 11.5 Å². The number of likely N-dealkylation sites (N-methyl/N-ethyl adjacent to an activating group) is 1. The summed E-state index contributed by atoms with van der Waals surface area (Å²) in [7, 11) is 5.03. The highest BCUT2D eigenvalue weighted by atomic mass is 16.5. The lowest BCUT2D eigenvalue weighted by atomic mass is 10.1. The first-order valence-electron chi connectivity index (χ1n) is 9.00. The Balaban J connectivity index is 1.75. The van der Waals surface area contributed by atoms with Gasteiger partial charge in [0.25, 0.3) is 0 Å². The molecule has 28 heavy (non-hydrogen) atoms. The predicted octanol–water partition coefficient (Wildman–Crippen LogP) is 2.64. The number of carboxylic acid groups (broad SMARTS) is 1. The number of carbonyl (C=O) groups excluding carboxylic acids is 1. The van der Waals surface area contributed by atoms with E-state index in [0.29, 0.717) is 31.0 Å². The lowest BCUT2D eigenvalue weighted by Gasteiger charge is -2.24. The fourth-order valence-electron chi connectivity index (χ4n) is 3.48. The van der Waals surface area contributed by atoms with Gasteiger partial charge in [0, 0.05) is 31.3 Å². The van der Waals surface area contributed by atoms with Crippen molar-refractivity contribution in [2.75, 3.05) is 32.7 Å². The van der Waals surface area contributed by atoms with E-state index >= 15 is 0 Å². The number of aromatic carboxylic acids is 1. The SMILES string of the molecule is COc1cc(OC)cc(N2CCC(N(C)Cc3cccc(C(=O)O)c3)C2=O)c1. The molecule has 1 fully saturated rings. The van der Waals surface area contributed by atoms with Gasteiger partial charge in [0.05, 0.1) is 31.5 Å². The van der Waals surface area contributed by atoms with E-state index in [4.69, 9.17) is 14.6 Å². The number of ether oxygens (including phenoxy) is 2.